The van der Waals surface area contributed by atoms with Gasteiger partial charge in [-0.3, -0.25) is 10.2 Å². The van der Waals surface area contributed by atoms with Gasteiger partial charge < -0.3 is 0 Å². The minimum absolute atomic E-state index is 0.127. The van der Waals surface area contributed by atoms with Crippen molar-refractivity contribution in [3.8, 4) is 0 Å². The molecule has 3 rings (SSSR count). The fraction of sp³-hybridized carbons (Fsp3) is 0.227. The van der Waals surface area contributed by atoms with Crippen LogP contribution >= 0.6 is 0 Å². The minimum Gasteiger partial charge on any atom is -0.285 e. The first-order valence-corrected chi connectivity index (χ1v) is 8.71. The number of rotatable bonds is 6. The third kappa shape index (κ3) is 3.72. The van der Waals surface area contributed by atoms with Gasteiger partial charge in [-0.05, 0) is 46.5 Å². The molecule has 25 heavy (non-hydrogen) atoms. The molecule has 0 aliphatic rings. The molecule has 0 fully saturated rings. The zero-order chi connectivity index (χ0) is 17.8. The Kier molecular flexibility index (Phi) is 5.15. The third-order valence-corrected chi connectivity index (χ3v) is 4.37. The van der Waals surface area contributed by atoms with Crippen LogP contribution in [0.5, 0.6) is 0 Å². The summed E-state index contributed by atoms with van der Waals surface area (Å²) in [4.78, 5) is 12.1. The fourth-order valence-corrected chi connectivity index (χ4v) is 3.15. The van der Waals surface area contributed by atoms with Crippen molar-refractivity contribution in [2.24, 2.45) is 0 Å². The number of hydrazine groups is 1. The quantitative estimate of drug-likeness (QED) is 0.399. The number of carbonyl (C=O) groups is 1. The van der Waals surface area contributed by atoms with Gasteiger partial charge in [0.1, 0.15) is 0 Å². The number of nitrogens with zero attached hydrogens (tertiary/aromatic N) is 1. The number of hydrogen-bond acceptors (Lipinski definition) is 2. The van der Waals surface area contributed by atoms with E-state index in [0.717, 1.165) is 13.0 Å². The van der Waals surface area contributed by atoms with Crippen LogP contribution in [0.2, 0.25) is 0 Å². The second kappa shape index (κ2) is 7.49. The molecule has 0 aliphatic heterocycles. The van der Waals surface area contributed by atoms with E-state index in [1.165, 1.54) is 27.1 Å². The lowest BCUT2D eigenvalue weighted by Gasteiger charge is -2.24. The van der Waals surface area contributed by atoms with Gasteiger partial charge in [0.15, 0.2) is 0 Å². The van der Waals surface area contributed by atoms with Crippen LogP contribution in [0.15, 0.2) is 66.7 Å². The number of benzene rings is 3. The Balaban J connectivity index is 2.07. The first-order valence-electron chi connectivity index (χ1n) is 8.71. The highest BCUT2D eigenvalue weighted by Crippen LogP contribution is 2.29. The Morgan fingerprint density at radius 1 is 1.04 bits per heavy atom. The van der Waals surface area contributed by atoms with E-state index in [-0.39, 0.29) is 5.91 Å². The molecule has 3 aromatic carbocycles. The summed E-state index contributed by atoms with van der Waals surface area (Å²) in [6, 6.07) is 19.1. The maximum atomic E-state index is 12.1. The summed E-state index contributed by atoms with van der Waals surface area (Å²) in [6.07, 6.45) is 0.958. The highest BCUT2D eigenvalue weighted by atomic mass is 16.2. The second-order valence-electron chi connectivity index (χ2n) is 6.44. The van der Waals surface area contributed by atoms with Gasteiger partial charge >= 0.3 is 0 Å². The number of carbonyl (C=O) groups excluding carboxylic acids is 1. The number of amides is 1. The number of nitrogens with one attached hydrogen (secondary N) is 1. The largest absolute Gasteiger partial charge is 0.285 e. The fourth-order valence-electron chi connectivity index (χ4n) is 3.15. The van der Waals surface area contributed by atoms with Crippen molar-refractivity contribution in [3.05, 3.63) is 72.3 Å². The van der Waals surface area contributed by atoms with Gasteiger partial charge in [0, 0.05) is 18.7 Å². The van der Waals surface area contributed by atoms with Crippen molar-refractivity contribution < 1.29 is 4.79 Å². The predicted molar refractivity (Wildman–Crippen MR) is 105 cm³/mol. The molecule has 3 heteroatoms. The van der Waals surface area contributed by atoms with Gasteiger partial charge in [0.2, 0.25) is 0 Å². The van der Waals surface area contributed by atoms with Crippen molar-refractivity contribution in [3.63, 3.8) is 0 Å². The normalized spacial score (nSPS) is 11.2. The van der Waals surface area contributed by atoms with Crippen LogP contribution in [-0.4, -0.2) is 17.5 Å². The molecule has 0 unspecified atom stereocenters. The summed E-state index contributed by atoms with van der Waals surface area (Å²) in [5.41, 5.74) is 4.75. The average Bonchev–Trinajstić information content (AvgIpc) is 2.61. The summed E-state index contributed by atoms with van der Waals surface area (Å²) in [6.45, 7) is 9.03. The summed E-state index contributed by atoms with van der Waals surface area (Å²) in [5, 5.41) is 6.89. The van der Waals surface area contributed by atoms with Crippen molar-refractivity contribution >= 4 is 27.5 Å². The molecular formula is C22H24N2O. The molecule has 0 bridgehead atoms. The molecule has 0 aromatic heterocycles. The Labute approximate surface area is 148 Å². The first kappa shape index (κ1) is 17.2. The van der Waals surface area contributed by atoms with Crippen LogP contribution in [0.1, 0.15) is 25.8 Å². The van der Waals surface area contributed by atoms with Crippen LogP contribution in [0.4, 0.5) is 0 Å². The van der Waals surface area contributed by atoms with E-state index < -0.39 is 0 Å². The minimum atomic E-state index is -0.127. The summed E-state index contributed by atoms with van der Waals surface area (Å²) in [5.74, 6) is -0.127. The monoisotopic (exact) mass is 332 g/mol. The van der Waals surface area contributed by atoms with E-state index in [2.05, 4.69) is 73.5 Å². The SMILES string of the molecule is C=C(C)C(=O)NN(CCC)Cc1c2ccccc2cc2ccccc12. The zero-order valence-corrected chi connectivity index (χ0v) is 14.9. The second-order valence-corrected chi connectivity index (χ2v) is 6.44. The molecular weight excluding hydrogens is 308 g/mol. The lowest BCUT2D eigenvalue weighted by atomic mass is 9.96. The Morgan fingerprint density at radius 3 is 2.12 bits per heavy atom. The average molecular weight is 332 g/mol. The number of fused-ring (bicyclic) bond motifs is 2. The van der Waals surface area contributed by atoms with E-state index in [1.54, 1.807) is 6.92 Å². The smallest absolute Gasteiger partial charge is 0.260 e. The molecule has 128 valence electrons. The maximum absolute atomic E-state index is 12.1. The van der Waals surface area contributed by atoms with Crippen LogP contribution < -0.4 is 5.43 Å². The molecule has 1 N–H and O–H groups in total. The molecule has 3 nitrogen and oxygen atoms in total. The van der Waals surface area contributed by atoms with E-state index >= 15 is 0 Å². The van der Waals surface area contributed by atoms with Gasteiger partial charge in [-0.15, -0.1) is 0 Å². The van der Waals surface area contributed by atoms with Crippen molar-refractivity contribution in [2.45, 2.75) is 26.8 Å². The molecule has 0 atom stereocenters. The lowest BCUT2D eigenvalue weighted by molar-refractivity contribution is -0.122. The predicted octanol–water partition coefficient (Wildman–Crippen LogP) is 4.81. The molecule has 0 heterocycles. The lowest BCUT2D eigenvalue weighted by Crippen LogP contribution is -2.42. The Bertz CT molecular complexity index is 876. The van der Waals surface area contributed by atoms with E-state index in [4.69, 9.17) is 0 Å². The van der Waals surface area contributed by atoms with E-state index in [9.17, 15) is 4.79 Å². The summed E-state index contributed by atoms with van der Waals surface area (Å²) in [7, 11) is 0. The molecule has 3 aromatic rings. The summed E-state index contributed by atoms with van der Waals surface area (Å²) < 4.78 is 0. The number of hydrogen-bond donors (Lipinski definition) is 1. The highest BCUT2D eigenvalue weighted by Gasteiger charge is 2.14. The van der Waals surface area contributed by atoms with Gasteiger partial charge in [0.25, 0.3) is 5.91 Å². The summed E-state index contributed by atoms with van der Waals surface area (Å²) >= 11 is 0. The van der Waals surface area contributed by atoms with Crippen molar-refractivity contribution in [2.75, 3.05) is 6.54 Å². The molecule has 0 radical (unpaired) electrons. The van der Waals surface area contributed by atoms with Crippen LogP contribution in [0.3, 0.4) is 0 Å². The Morgan fingerprint density at radius 2 is 1.60 bits per heavy atom. The topological polar surface area (TPSA) is 32.3 Å². The van der Waals surface area contributed by atoms with Crippen molar-refractivity contribution in [1.82, 2.24) is 10.4 Å². The molecule has 0 aliphatic carbocycles. The van der Waals surface area contributed by atoms with E-state index in [0.29, 0.717) is 12.1 Å². The van der Waals surface area contributed by atoms with Gasteiger partial charge in [-0.25, -0.2) is 5.01 Å². The maximum Gasteiger partial charge on any atom is 0.260 e. The first-order chi connectivity index (χ1) is 12.1. The molecule has 1 amide bonds. The highest BCUT2D eigenvalue weighted by molar-refractivity contribution is 6.02. The zero-order valence-electron chi connectivity index (χ0n) is 14.9. The van der Waals surface area contributed by atoms with Gasteiger partial charge in [-0.2, -0.15) is 0 Å². The van der Waals surface area contributed by atoms with E-state index in [1.807, 2.05) is 5.01 Å². The molecule has 0 spiro atoms. The van der Waals surface area contributed by atoms with Crippen molar-refractivity contribution in [1.29, 1.82) is 0 Å². The standard InChI is InChI=1S/C22H24N2O/c1-4-13-24(23-22(25)16(2)3)15-21-19-11-7-5-9-17(19)14-18-10-6-8-12-20(18)21/h5-12,14H,2,4,13,15H2,1,3H3,(H,23,25). The Hall–Kier alpha value is -2.65. The molecule has 0 saturated carbocycles. The van der Waals surface area contributed by atoms with Crippen LogP contribution in [-0.2, 0) is 11.3 Å². The third-order valence-electron chi connectivity index (χ3n) is 4.37. The molecule has 0 saturated heterocycles. The van der Waals surface area contributed by atoms with Gasteiger partial charge in [0.05, 0.1) is 0 Å². The van der Waals surface area contributed by atoms with Crippen LogP contribution in [0.25, 0.3) is 21.5 Å². The van der Waals surface area contributed by atoms with Crippen LogP contribution in [0, 0.1) is 0 Å². The van der Waals surface area contributed by atoms with Gasteiger partial charge in [-0.1, -0.05) is 62.0 Å².